The summed E-state index contributed by atoms with van der Waals surface area (Å²) in [6, 6.07) is 24.3. The number of carbonyl (C=O) groups is 1. The monoisotopic (exact) mass is 439 g/mol. The molecule has 0 saturated heterocycles. The van der Waals surface area contributed by atoms with Crippen LogP contribution < -0.4 is 5.32 Å². The molecule has 1 aliphatic rings. The normalized spacial score (nSPS) is 17.7. The lowest BCUT2D eigenvalue weighted by Gasteiger charge is -2.16. The number of rotatable bonds is 6. The minimum atomic E-state index is -0.701. The molecule has 33 heavy (non-hydrogen) atoms. The molecule has 1 heterocycles. The number of hydrogen-bond acceptors (Lipinski definition) is 5. The van der Waals surface area contributed by atoms with Crippen LogP contribution in [-0.2, 0) is 4.79 Å². The molecule has 2 atom stereocenters. The zero-order chi connectivity index (χ0) is 22.8. The third-order valence-electron chi connectivity index (χ3n) is 6.29. The Balaban J connectivity index is 1.37. The topological polar surface area (TPSA) is 88.3 Å². The molecule has 0 amide bonds. The highest BCUT2D eigenvalue weighted by molar-refractivity contribution is 5.80. The van der Waals surface area contributed by atoms with Gasteiger partial charge in [-0.25, -0.2) is 0 Å². The molecule has 1 aromatic heterocycles. The Morgan fingerprint density at radius 2 is 1.73 bits per heavy atom. The summed E-state index contributed by atoms with van der Waals surface area (Å²) >= 11 is 0. The first-order valence-electron chi connectivity index (χ1n) is 11.2. The molecule has 1 saturated carbocycles. The first-order valence-corrected chi connectivity index (χ1v) is 11.2. The summed E-state index contributed by atoms with van der Waals surface area (Å²) in [5.74, 6) is 0.0658. The number of carboxylic acid groups (broad SMARTS) is 1. The Bertz CT molecular complexity index is 1280. The molecule has 5 rings (SSSR count). The van der Waals surface area contributed by atoms with Gasteiger partial charge in [-0.3, -0.25) is 4.79 Å². The number of aliphatic carboxylic acids is 1. The average Bonchev–Trinajstić information content (AvgIpc) is 3.51. The number of benzene rings is 3. The van der Waals surface area contributed by atoms with Crippen LogP contribution >= 0.6 is 0 Å². The van der Waals surface area contributed by atoms with Gasteiger partial charge in [-0.1, -0.05) is 53.7 Å². The quantitative estimate of drug-likeness (QED) is 0.381. The first-order chi connectivity index (χ1) is 16.1. The van der Waals surface area contributed by atoms with Crippen LogP contribution in [-0.4, -0.2) is 27.3 Å². The second-order valence-corrected chi connectivity index (χ2v) is 8.55. The fraction of sp³-hybridized carbons (Fsp3) is 0.222. The largest absolute Gasteiger partial charge is 0.481 e. The Labute approximate surface area is 192 Å². The second kappa shape index (κ2) is 8.90. The molecule has 0 radical (unpaired) electrons. The van der Waals surface area contributed by atoms with Crippen molar-refractivity contribution in [1.82, 2.24) is 10.1 Å². The van der Waals surface area contributed by atoms with Gasteiger partial charge >= 0.3 is 5.97 Å². The van der Waals surface area contributed by atoms with Crippen LogP contribution in [0.5, 0.6) is 0 Å². The van der Waals surface area contributed by atoms with E-state index in [0.717, 1.165) is 46.3 Å². The molecular formula is C27H25N3O3. The molecule has 0 aliphatic heterocycles. The van der Waals surface area contributed by atoms with Gasteiger partial charge in [0.15, 0.2) is 0 Å². The van der Waals surface area contributed by atoms with E-state index in [1.807, 2.05) is 61.5 Å². The highest BCUT2D eigenvalue weighted by Crippen LogP contribution is 2.33. The number of anilines is 1. The Morgan fingerprint density at radius 1 is 0.970 bits per heavy atom. The summed E-state index contributed by atoms with van der Waals surface area (Å²) in [5.41, 5.74) is 5.97. The van der Waals surface area contributed by atoms with Crippen molar-refractivity contribution in [2.45, 2.75) is 32.2 Å². The molecule has 0 bridgehead atoms. The average molecular weight is 440 g/mol. The van der Waals surface area contributed by atoms with Gasteiger partial charge in [0.2, 0.25) is 5.82 Å². The Kier molecular flexibility index (Phi) is 5.65. The summed E-state index contributed by atoms with van der Waals surface area (Å²) < 4.78 is 5.65. The molecule has 6 nitrogen and oxygen atoms in total. The van der Waals surface area contributed by atoms with E-state index >= 15 is 0 Å². The SMILES string of the molecule is Cc1cc(-c2noc(-c3ccccc3-c3ccccc3)n2)ccc1NC1CC[C@@H](C(=O)O)C1. The van der Waals surface area contributed by atoms with Gasteiger partial charge in [0.05, 0.1) is 5.92 Å². The maximum absolute atomic E-state index is 11.2. The molecular weight excluding hydrogens is 414 g/mol. The molecule has 4 aromatic rings. The van der Waals surface area contributed by atoms with Gasteiger partial charge in [-0.2, -0.15) is 4.98 Å². The smallest absolute Gasteiger partial charge is 0.306 e. The summed E-state index contributed by atoms with van der Waals surface area (Å²) in [4.78, 5) is 15.9. The molecule has 3 aromatic carbocycles. The zero-order valence-electron chi connectivity index (χ0n) is 18.4. The lowest BCUT2D eigenvalue weighted by Crippen LogP contribution is -2.18. The maximum Gasteiger partial charge on any atom is 0.306 e. The van der Waals surface area contributed by atoms with Crippen molar-refractivity contribution in [2.75, 3.05) is 5.32 Å². The number of nitrogens with zero attached hydrogens (tertiary/aromatic N) is 2. The standard InChI is InChI=1S/C27H25N3O3/c1-17-15-19(12-14-24(17)28-21-13-11-20(16-21)27(31)32)25-29-26(33-30-25)23-10-6-5-9-22(23)18-7-3-2-4-8-18/h2-10,12,14-15,20-21,28H,11,13,16H2,1H3,(H,31,32)/t20-,21?/m1/s1. The molecule has 1 unspecified atom stereocenters. The van der Waals surface area contributed by atoms with E-state index in [2.05, 4.69) is 33.7 Å². The zero-order valence-corrected chi connectivity index (χ0v) is 18.4. The van der Waals surface area contributed by atoms with E-state index in [4.69, 9.17) is 4.52 Å². The molecule has 2 N–H and O–H groups in total. The number of hydrogen-bond donors (Lipinski definition) is 2. The van der Waals surface area contributed by atoms with Crippen molar-refractivity contribution in [3.05, 3.63) is 78.4 Å². The van der Waals surface area contributed by atoms with Crippen molar-refractivity contribution in [1.29, 1.82) is 0 Å². The highest BCUT2D eigenvalue weighted by Gasteiger charge is 2.29. The fourth-order valence-electron chi connectivity index (χ4n) is 4.51. The van der Waals surface area contributed by atoms with Gasteiger partial charge in [0.25, 0.3) is 5.89 Å². The second-order valence-electron chi connectivity index (χ2n) is 8.55. The Morgan fingerprint density at radius 3 is 2.45 bits per heavy atom. The van der Waals surface area contributed by atoms with Crippen LogP contribution in [0.3, 0.4) is 0 Å². The van der Waals surface area contributed by atoms with E-state index in [1.165, 1.54) is 0 Å². The number of aryl methyl sites for hydroxylation is 1. The molecule has 0 spiro atoms. The van der Waals surface area contributed by atoms with Crippen molar-refractivity contribution in [3.63, 3.8) is 0 Å². The van der Waals surface area contributed by atoms with E-state index in [9.17, 15) is 9.90 Å². The Hall–Kier alpha value is -3.93. The third kappa shape index (κ3) is 4.37. The van der Waals surface area contributed by atoms with Gasteiger partial charge < -0.3 is 14.9 Å². The van der Waals surface area contributed by atoms with Crippen LogP contribution in [0.15, 0.2) is 77.3 Å². The van der Waals surface area contributed by atoms with Gasteiger partial charge in [-0.15, -0.1) is 0 Å². The van der Waals surface area contributed by atoms with Crippen LogP contribution in [0.2, 0.25) is 0 Å². The lowest BCUT2D eigenvalue weighted by molar-refractivity contribution is -0.141. The van der Waals surface area contributed by atoms with Crippen molar-refractivity contribution in [2.24, 2.45) is 5.92 Å². The van der Waals surface area contributed by atoms with E-state index in [0.29, 0.717) is 18.1 Å². The fourth-order valence-corrected chi connectivity index (χ4v) is 4.51. The lowest BCUT2D eigenvalue weighted by atomic mass is 10.00. The third-order valence-corrected chi connectivity index (χ3v) is 6.29. The summed E-state index contributed by atoms with van der Waals surface area (Å²) in [6.45, 7) is 2.03. The van der Waals surface area contributed by atoms with E-state index < -0.39 is 5.97 Å². The van der Waals surface area contributed by atoms with Crippen LogP contribution in [0.25, 0.3) is 34.0 Å². The highest BCUT2D eigenvalue weighted by atomic mass is 16.5. The number of nitrogens with one attached hydrogen (secondary N) is 1. The first kappa shape index (κ1) is 20.9. The minimum Gasteiger partial charge on any atom is -0.481 e. The minimum absolute atomic E-state index is 0.182. The van der Waals surface area contributed by atoms with Gasteiger partial charge in [0.1, 0.15) is 0 Å². The molecule has 1 fully saturated rings. The van der Waals surface area contributed by atoms with Crippen LogP contribution in [0.4, 0.5) is 5.69 Å². The van der Waals surface area contributed by atoms with Crippen molar-refractivity contribution in [3.8, 4) is 34.0 Å². The maximum atomic E-state index is 11.2. The predicted octanol–water partition coefficient (Wildman–Crippen LogP) is 6.04. The van der Waals surface area contributed by atoms with Gasteiger partial charge in [-0.05, 0) is 67.1 Å². The molecule has 166 valence electrons. The van der Waals surface area contributed by atoms with Crippen molar-refractivity contribution >= 4 is 11.7 Å². The summed E-state index contributed by atoms with van der Waals surface area (Å²) in [5, 5.41) is 17.0. The van der Waals surface area contributed by atoms with E-state index in [1.54, 1.807) is 0 Å². The summed E-state index contributed by atoms with van der Waals surface area (Å²) in [6.07, 6.45) is 2.25. The number of aromatic nitrogens is 2. The molecule has 1 aliphatic carbocycles. The van der Waals surface area contributed by atoms with Gasteiger partial charge in [0, 0.05) is 22.9 Å². The van der Waals surface area contributed by atoms with E-state index in [-0.39, 0.29) is 12.0 Å². The summed E-state index contributed by atoms with van der Waals surface area (Å²) in [7, 11) is 0. The predicted molar refractivity (Wildman–Crippen MR) is 128 cm³/mol. The molecule has 6 heteroatoms. The van der Waals surface area contributed by atoms with Crippen LogP contribution in [0, 0.1) is 12.8 Å². The van der Waals surface area contributed by atoms with Crippen molar-refractivity contribution < 1.29 is 14.4 Å². The number of carboxylic acids is 1. The van der Waals surface area contributed by atoms with Crippen LogP contribution in [0.1, 0.15) is 24.8 Å².